The first-order chi connectivity index (χ1) is 9.69. The number of hydrogen-bond donors (Lipinski definition) is 1. The summed E-state index contributed by atoms with van der Waals surface area (Å²) in [6, 6.07) is 7.43. The molecule has 2 rings (SSSR count). The topological polar surface area (TPSA) is 32.7 Å². The van der Waals surface area contributed by atoms with Crippen molar-refractivity contribution in [1.82, 2.24) is 4.90 Å². The van der Waals surface area contributed by atoms with Gasteiger partial charge in [-0.15, -0.1) is 0 Å². The van der Waals surface area contributed by atoms with Crippen LogP contribution in [0.3, 0.4) is 0 Å². The van der Waals surface area contributed by atoms with E-state index in [0.29, 0.717) is 11.1 Å². The highest BCUT2D eigenvalue weighted by Gasteiger charge is 2.19. The van der Waals surface area contributed by atoms with Crippen LogP contribution in [-0.2, 0) is 4.74 Å². The Hall–Kier alpha value is -0.610. The van der Waals surface area contributed by atoms with Crippen LogP contribution in [0.5, 0.6) is 0 Å². The maximum Gasteiger partial charge on any atom is 0.0802 e. The second-order valence-corrected chi connectivity index (χ2v) is 5.82. The maximum absolute atomic E-state index is 10.2. The van der Waals surface area contributed by atoms with Crippen LogP contribution in [0.1, 0.15) is 37.9 Å². The fraction of sp³-hybridized carbons (Fsp3) is 0.625. The predicted octanol–water partition coefficient (Wildman–Crippen LogP) is 3.26. The van der Waals surface area contributed by atoms with Crippen LogP contribution in [0, 0.1) is 0 Å². The van der Waals surface area contributed by atoms with E-state index in [4.69, 9.17) is 16.3 Å². The molecule has 2 atom stereocenters. The molecule has 1 aliphatic heterocycles. The number of ether oxygens (including phenoxy) is 1. The summed E-state index contributed by atoms with van der Waals surface area (Å²) in [7, 11) is 0. The molecule has 2 unspecified atom stereocenters. The molecule has 0 aromatic heterocycles. The summed E-state index contributed by atoms with van der Waals surface area (Å²) in [5.41, 5.74) is 0.933. The molecule has 112 valence electrons. The zero-order valence-electron chi connectivity index (χ0n) is 12.1. The number of halogens is 1. The van der Waals surface area contributed by atoms with Crippen molar-refractivity contribution in [3.05, 3.63) is 34.9 Å². The molecule has 0 radical (unpaired) electrons. The highest BCUT2D eigenvalue weighted by molar-refractivity contribution is 6.30. The van der Waals surface area contributed by atoms with Crippen molar-refractivity contribution < 1.29 is 9.84 Å². The van der Waals surface area contributed by atoms with E-state index in [1.54, 1.807) is 0 Å². The van der Waals surface area contributed by atoms with E-state index < -0.39 is 6.10 Å². The maximum atomic E-state index is 10.2. The second-order valence-electron chi connectivity index (χ2n) is 5.38. The van der Waals surface area contributed by atoms with Gasteiger partial charge < -0.3 is 14.7 Å². The van der Waals surface area contributed by atoms with Gasteiger partial charge in [0, 0.05) is 24.7 Å². The van der Waals surface area contributed by atoms with Gasteiger partial charge in [-0.3, -0.25) is 0 Å². The minimum atomic E-state index is -0.425. The minimum absolute atomic E-state index is 0.377. The van der Waals surface area contributed by atoms with Gasteiger partial charge in [0.25, 0.3) is 0 Å². The lowest BCUT2D eigenvalue weighted by Crippen LogP contribution is -2.33. The number of aliphatic hydroxyl groups excluding tert-OH is 1. The summed E-state index contributed by atoms with van der Waals surface area (Å²) in [4.78, 5) is 2.36. The fourth-order valence-electron chi connectivity index (χ4n) is 2.61. The Morgan fingerprint density at radius 3 is 2.75 bits per heavy atom. The zero-order chi connectivity index (χ0) is 14.4. The number of rotatable bonds is 7. The van der Waals surface area contributed by atoms with E-state index in [9.17, 15) is 5.11 Å². The van der Waals surface area contributed by atoms with Crippen LogP contribution in [0.25, 0.3) is 0 Å². The first kappa shape index (κ1) is 15.8. The molecule has 0 amide bonds. The van der Waals surface area contributed by atoms with E-state index >= 15 is 0 Å². The predicted molar refractivity (Wildman–Crippen MR) is 82.1 cm³/mol. The van der Waals surface area contributed by atoms with Crippen LogP contribution in [0.4, 0.5) is 0 Å². The lowest BCUT2D eigenvalue weighted by atomic mass is 10.1. The van der Waals surface area contributed by atoms with Crippen LogP contribution >= 0.6 is 11.6 Å². The summed E-state index contributed by atoms with van der Waals surface area (Å²) in [6.07, 6.45) is 3.03. The van der Waals surface area contributed by atoms with Crippen LogP contribution in [0.2, 0.25) is 5.02 Å². The van der Waals surface area contributed by atoms with Gasteiger partial charge >= 0.3 is 0 Å². The van der Waals surface area contributed by atoms with Crippen LogP contribution in [-0.4, -0.2) is 42.4 Å². The van der Waals surface area contributed by atoms with Crippen molar-refractivity contribution >= 4 is 11.6 Å². The van der Waals surface area contributed by atoms with Gasteiger partial charge in [0.2, 0.25) is 0 Å². The average molecular weight is 298 g/mol. The van der Waals surface area contributed by atoms with Gasteiger partial charge in [-0.1, -0.05) is 30.7 Å². The van der Waals surface area contributed by atoms with E-state index in [-0.39, 0.29) is 0 Å². The van der Waals surface area contributed by atoms with Gasteiger partial charge in [-0.2, -0.15) is 0 Å². The summed E-state index contributed by atoms with van der Waals surface area (Å²) in [6.45, 7) is 5.91. The third-order valence-corrected chi connectivity index (χ3v) is 4.16. The summed E-state index contributed by atoms with van der Waals surface area (Å²) in [5.74, 6) is 0. The summed E-state index contributed by atoms with van der Waals surface area (Å²) in [5, 5.41) is 10.9. The fourth-order valence-corrected chi connectivity index (χ4v) is 2.74. The molecule has 1 aromatic rings. The van der Waals surface area contributed by atoms with Gasteiger partial charge in [0.05, 0.1) is 12.2 Å². The van der Waals surface area contributed by atoms with Crippen molar-refractivity contribution in [3.63, 3.8) is 0 Å². The molecule has 0 saturated carbocycles. The largest absolute Gasteiger partial charge is 0.388 e. The number of aliphatic hydroxyl groups is 1. The Morgan fingerprint density at radius 2 is 2.15 bits per heavy atom. The quantitative estimate of drug-likeness (QED) is 0.838. The van der Waals surface area contributed by atoms with Crippen molar-refractivity contribution in [2.45, 2.75) is 38.4 Å². The normalized spacial score (nSPS) is 20.5. The number of likely N-dealkylation sites (N-methyl/N-ethyl adjacent to an activating group) is 1. The molecule has 1 aliphatic rings. The number of nitrogens with zero attached hydrogens (tertiary/aromatic N) is 1. The Bertz CT molecular complexity index is 390. The zero-order valence-corrected chi connectivity index (χ0v) is 12.9. The summed E-state index contributed by atoms with van der Waals surface area (Å²) < 4.78 is 5.67. The molecule has 20 heavy (non-hydrogen) atoms. The molecule has 0 bridgehead atoms. The van der Waals surface area contributed by atoms with Crippen molar-refractivity contribution in [2.24, 2.45) is 0 Å². The molecule has 1 saturated heterocycles. The van der Waals surface area contributed by atoms with E-state index in [1.165, 1.54) is 6.42 Å². The molecule has 0 aliphatic carbocycles. The number of hydrogen-bond acceptors (Lipinski definition) is 3. The monoisotopic (exact) mass is 297 g/mol. The first-order valence-corrected chi connectivity index (χ1v) is 7.84. The summed E-state index contributed by atoms with van der Waals surface area (Å²) >= 11 is 5.86. The number of benzene rings is 1. The van der Waals surface area contributed by atoms with E-state index in [2.05, 4.69) is 11.8 Å². The van der Waals surface area contributed by atoms with Crippen LogP contribution in [0.15, 0.2) is 24.3 Å². The smallest absolute Gasteiger partial charge is 0.0802 e. The van der Waals surface area contributed by atoms with Gasteiger partial charge in [0.15, 0.2) is 0 Å². The molecule has 1 heterocycles. The Kier molecular flexibility index (Phi) is 6.30. The molecule has 1 aromatic carbocycles. The third kappa shape index (κ3) is 4.74. The highest BCUT2D eigenvalue weighted by atomic mass is 35.5. The SMILES string of the molecule is CCN(CCC(O)c1ccc(Cl)cc1)CC1CCCO1. The Balaban J connectivity index is 1.78. The Labute approximate surface area is 126 Å². The Morgan fingerprint density at radius 1 is 1.40 bits per heavy atom. The molecule has 3 nitrogen and oxygen atoms in total. The van der Waals surface area contributed by atoms with Crippen LogP contribution < -0.4 is 0 Å². The van der Waals surface area contributed by atoms with E-state index in [1.807, 2.05) is 24.3 Å². The first-order valence-electron chi connectivity index (χ1n) is 7.46. The molecule has 1 fully saturated rings. The molecule has 1 N–H and O–H groups in total. The lowest BCUT2D eigenvalue weighted by Gasteiger charge is -2.24. The average Bonchev–Trinajstić information content (AvgIpc) is 2.96. The van der Waals surface area contributed by atoms with Crippen molar-refractivity contribution in [3.8, 4) is 0 Å². The minimum Gasteiger partial charge on any atom is -0.388 e. The standard InChI is InChI=1S/C16H24ClNO2/c1-2-18(12-15-4-3-11-20-15)10-9-16(19)13-5-7-14(17)8-6-13/h5-8,15-16,19H,2-4,9-12H2,1H3. The van der Waals surface area contributed by atoms with Gasteiger partial charge in [-0.05, 0) is 43.5 Å². The molecular formula is C16H24ClNO2. The second kappa shape index (κ2) is 7.99. The molecule has 0 spiro atoms. The van der Waals surface area contributed by atoms with Crippen molar-refractivity contribution in [1.29, 1.82) is 0 Å². The van der Waals surface area contributed by atoms with Crippen molar-refractivity contribution in [2.75, 3.05) is 26.2 Å². The molecular weight excluding hydrogens is 274 g/mol. The van der Waals surface area contributed by atoms with E-state index in [0.717, 1.165) is 44.6 Å². The van der Waals surface area contributed by atoms with Gasteiger partial charge in [-0.25, -0.2) is 0 Å². The highest BCUT2D eigenvalue weighted by Crippen LogP contribution is 2.20. The lowest BCUT2D eigenvalue weighted by molar-refractivity contribution is 0.0669. The molecule has 4 heteroatoms. The van der Waals surface area contributed by atoms with Gasteiger partial charge in [0.1, 0.15) is 0 Å². The third-order valence-electron chi connectivity index (χ3n) is 3.91.